The summed E-state index contributed by atoms with van der Waals surface area (Å²) < 4.78 is 0. The van der Waals surface area contributed by atoms with E-state index in [9.17, 15) is 0 Å². The number of hydrogen-bond acceptors (Lipinski definition) is 0. The van der Waals surface area contributed by atoms with Gasteiger partial charge >= 0.3 is 6.00 Å². The van der Waals surface area contributed by atoms with Crippen molar-refractivity contribution in [2.45, 2.75) is 29.1 Å². The average molecular weight is 272 g/mol. The van der Waals surface area contributed by atoms with Crippen molar-refractivity contribution < 1.29 is 0 Å². The van der Waals surface area contributed by atoms with Crippen LogP contribution in [-0.2, 0) is 0 Å². The number of halogens is 5. The van der Waals surface area contributed by atoms with Crippen LogP contribution >= 0.6 is 56.4 Å². The van der Waals surface area contributed by atoms with Crippen LogP contribution in [0.1, 0.15) is 12.8 Å². The van der Waals surface area contributed by atoms with Gasteiger partial charge in [-0.2, -0.15) is 0 Å². The molecule has 3 unspecified atom stereocenters. The molecule has 0 amide bonds. The van der Waals surface area contributed by atoms with Gasteiger partial charge in [0, 0.05) is 5.54 Å². The fourth-order valence-corrected chi connectivity index (χ4v) is 6.37. The second kappa shape index (κ2) is 3.81. The molecule has 0 bridgehead atoms. The third-order valence-corrected chi connectivity index (χ3v) is 7.35. The molecule has 0 spiro atoms. The normalized spacial score (nSPS) is 39.5. The van der Waals surface area contributed by atoms with Crippen LogP contribution in [0.25, 0.3) is 0 Å². The Kier molecular flexibility index (Phi) is 3.72. The van der Waals surface area contributed by atoms with E-state index in [0.717, 1.165) is 12.8 Å². The van der Waals surface area contributed by atoms with Crippen LogP contribution in [0.3, 0.4) is 0 Å². The van der Waals surface area contributed by atoms with Crippen LogP contribution in [0, 0.1) is 0 Å². The number of hydrogen-bond donors (Lipinski definition) is 0. The Morgan fingerprint density at radius 2 is 1.55 bits per heavy atom. The Hall–Kier alpha value is 1.67. The molecule has 3 atom stereocenters. The number of alkyl halides is 2. The van der Waals surface area contributed by atoms with Crippen molar-refractivity contribution in [2.24, 2.45) is 0 Å². The highest BCUT2D eigenvalue weighted by Gasteiger charge is 2.47. The van der Waals surface area contributed by atoms with E-state index >= 15 is 0 Å². The minimum atomic E-state index is -2.63. The van der Waals surface area contributed by atoms with Gasteiger partial charge in [0.25, 0.3) is 0 Å². The van der Waals surface area contributed by atoms with Gasteiger partial charge < -0.3 is 0 Å². The summed E-state index contributed by atoms with van der Waals surface area (Å²) >= 11 is 29.3. The first-order chi connectivity index (χ1) is 4.93. The highest BCUT2D eigenvalue weighted by Crippen LogP contribution is 2.49. The minimum Gasteiger partial charge on any atom is -0.126 e. The Bertz CT molecular complexity index is 144. The first-order valence-electron chi connectivity index (χ1n) is 3.28. The maximum atomic E-state index is 5.96. The maximum Gasteiger partial charge on any atom is 0.345 e. The largest absolute Gasteiger partial charge is 0.345 e. The molecule has 1 aliphatic carbocycles. The van der Waals surface area contributed by atoms with Gasteiger partial charge in [0.05, 0.1) is 10.8 Å². The summed E-state index contributed by atoms with van der Waals surface area (Å²) in [7, 11) is 0. The van der Waals surface area contributed by atoms with E-state index in [1.807, 2.05) is 0 Å². The SMILES string of the molecule is ClC1CCC([Si](Cl)(Cl)Cl)C1Cl. The molecule has 66 valence electrons. The smallest absolute Gasteiger partial charge is 0.126 e. The summed E-state index contributed by atoms with van der Waals surface area (Å²) in [5.74, 6) is 0. The molecule has 0 heterocycles. The van der Waals surface area contributed by atoms with Crippen LogP contribution in [0.5, 0.6) is 0 Å². The van der Waals surface area contributed by atoms with Crippen molar-refractivity contribution in [1.29, 1.82) is 0 Å². The molecule has 1 aliphatic rings. The van der Waals surface area contributed by atoms with Crippen molar-refractivity contribution in [3.8, 4) is 0 Å². The molecule has 0 saturated heterocycles. The summed E-state index contributed by atoms with van der Waals surface area (Å²) in [5, 5.41) is -0.180. The van der Waals surface area contributed by atoms with E-state index < -0.39 is 6.00 Å². The van der Waals surface area contributed by atoms with E-state index in [-0.39, 0.29) is 16.3 Å². The molecule has 1 saturated carbocycles. The van der Waals surface area contributed by atoms with E-state index in [0.29, 0.717) is 0 Å². The molecule has 0 aliphatic heterocycles. The van der Waals surface area contributed by atoms with Gasteiger partial charge in [-0.1, -0.05) is 0 Å². The first-order valence-corrected chi connectivity index (χ1v) is 9.26. The van der Waals surface area contributed by atoms with E-state index in [1.165, 1.54) is 0 Å². The lowest BCUT2D eigenvalue weighted by atomic mass is 10.4. The lowest BCUT2D eigenvalue weighted by Gasteiger charge is -2.20. The predicted molar refractivity (Wildman–Crippen MR) is 55.6 cm³/mol. The molecule has 0 aromatic rings. The molecule has 0 nitrogen and oxygen atoms in total. The Morgan fingerprint density at radius 1 is 1.00 bits per heavy atom. The minimum absolute atomic E-state index is 0.0233. The van der Waals surface area contributed by atoms with Gasteiger partial charge in [-0.25, -0.2) is 0 Å². The monoisotopic (exact) mass is 270 g/mol. The molecule has 6 heteroatoms. The summed E-state index contributed by atoms with van der Waals surface area (Å²) in [6.45, 7) is 0. The van der Waals surface area contributed by atoms with Gasteiger partial charge in [0.2, 0.25) is 0 Å². The fraction of sp³-hybridized carbons (Fsp3) is 1.00. The van der Waals surface area contributed by atoms with Crippen molar-refractivity contribution in [3.05, 3.63) is 0 Å². The Morgan fingerprint density at radius 3 is 1.73 bits per heavy atom. The van der Waals surface area contributed by atoms with E-state index in [2.05, 4.69) is 0 Å². The highest BCUT2D eigenvalue weighted by atomic mass is 35.8. The molecule has 0 N–H and O–H groups in total. The van der Waals surface area contributed by atoms with E-state index in [1.54, 1.807) is 0 Å². The van der Waals surface area contributed by atoms with Crippen molar-refractivity contribution in [3.63, 3.8) is 0 Å². The second-order valence-electron chi connectivity index (χ2n) is 2.69. The van der Waals surface area contributed by atoms with Crippen LogP contribution in [0.15, 0.2) is 0 Å². The van der Waals surface area contributed by atoms with Gasteiger partial charge in [-0.05, 0) is 12.8 Å². The molecular weight excluding hydrogens is 265 g/mol. The van der Waals surface area contributed by atoms with Crippen molar-refractivity contribution in [1.82, 2.24) is 0 Å². The van der Waals surface area contributed by atoms with Crippen molar-refractivity contribution >= 4 is 62.4 Å². The van der Waals surface area contributed by atoms with Crippen LogP contribution in [-0.4, -0.2) is 16.8 Å². The standard InChI is InChI=1S/C5H7Cl5Si/c6-3-1-2-4(5(3)7)11(8,9)10/h3-5H,1-2H2. The molecule has 0 radical (unpaired) electrons. The van der Waals surface area contributed by atoms with Crippen LogP contribution in [0.4, 0.5) is 0 Å². The zero-order chi connectivity index (χ0) is 8.65. The quantitative estimate of drug-likeness (QED) is 0.384. The Labute approximate surface area is 91.2 Å². The topological polar surface area (TPSA) is 0 Å². The summed E-state index contributed by atoms with van der Waals surface area (Å²) in [6, 6.07) is -2.63. The maximum absolute atomic E-state index is 5.96. The lowest BCUT2D eigenvalue weighted by Crippen LogP contribution is -2.26. The van der Waals surface area contributed by atoms with Gasteiger partial charge in [-0.3, -0.25) is 0 Å². The molecule has 1 fully saturated rings. The third kappa shape index (κ3) is 2.55. The molecule has 0 aromatic heterocycles. The zero-order valence-electron chi connectivity index (χ0n) is 5.54. The fourth-order valence-electron chi connectivity index (χ4n) is 1.25. The summed E-state index contributed by atoms with van der Waals surface area (Å²) in [6.07, 6.45) is 1.71. The molecule has 1 rings (SSSR count). The lowest BCUT2D eigenvalue weighted by molar-refractivity contribution is 0.873. The second-order valence-corrected chi connectivity index (χ2v) is 12.7. The van der Waals surface area contributed by atoms with Gasteiger partial charge in [-0.15, -0.1) is 56.4 Å². The predicted octanol–water partition coefficient (Wildman–Crippen LogP) is 4.02. The third-order valence-electron chi connectivity index (χ3n) is 1.90. The van der Waals surface area contributed by atoms with Crippen LogP contribution < -0.4 is 0 Å². The zero-order valence-corrected chi connectivity index (χ0v) is 10.3. The number of rotatable bonds is 1. The molecule has 11 heavy (non-hydrogen) atoms. The van der Waals surface area contributed by atoms with Crippen LogP contribution in [0.2, 0.25) is 5.54 Å². The summed E-state index contributed by atoms with van der Waals surface area (Å²) in [4.78, 5) is 0. The molecular formula is C5H7Cl5Si. The highest BCUT2D eigenvalue weighted by molar-refractivity contribution is 7.65. The average Bonchev–Trinajstić information content (AvgIpc) is 2.11. The summed E-state index contributed by atoms with van der Waals surface area (Å²) in [5.41, 5.74) is 0.0247. The molecule has 0 aromatic carbocycles. The van der Waals surface area contributed by atoms with Gasteiger partial charge in [0.15, 0.2) is 0 Å². The van der Waals surface area contributed by atoms with E-state index in [4.69, 9.17) is 56.4 Å². The first kappa shape index (κ1) is 10.7. The van der Waals surface area contributed by atoms with Crippen molar-refractivity contribution in [2.75, 3.05) is 0 Å². The van der Waals surface area contributed by atoms with Gasteiger partial charge in [0.1, 0.15) is 0 Å². The Balaban J connectivity index is 2.62.